The van der Waals surface area contributed by atoms with E-state index in [-0.39, 0.29) is 30.2 Å². The van der Waals surface area contributed by atoms with Crippen LogP contribution >= 0.6 is 0 Å². The highest BCUT2D eigenvalue weighted by molar-refractivity contribution is 6.02. The molecule has 2 aliphatic heterocycles. The maximum Gasteiger partial charge on any atom is 0.255 e. The standard InChI is InChI=1S/C28H25FN4O2/c29-23-10-4-6-12-25(23)31-13-15-32(16-14-31)26(34)18-33-27(20-8-1-2-9-21(20)28(33)35)22-17-30-24-11-5-3-7-19(22)24/h1-12,17,27,30H,13-16,18H2/t27-/m0/s1. The molecule has 0 unspecified atom stereocenters. The van der Waals surface area contributed by atoms with Crippen molar-refractivity contribution in [3.8, 4) is 0 Å². The van der Waals surface area contributed by atoms with Crippen LogP contribution in [0.25, 0.3) is 10.9 Å². The summed E-state index contributed by atoms with van der Waals surface area (Å²) in [6, 6.07) is 22.0. The van der Waals surface area contributed by atoms with Gasteiger partial charge in [0, 0.05) is 54.4 Å². The Morgan fingerprint density at radius 2 is 1.60 bits per heavy atom. The summed E-state index contributed by atoms with van der Waals surface area (Å²) in [6.07, 6.45) is 1.94. The van der Waals surface area contributed by atoms with Gasteiger partial charge < -0.3 is 19.7 Å². The zero-order valence-electron chi connectivity index (χ0n) is 19.2. The molecule has 0 saturated carbocycles. The minimum absolute atomic E-state index is 0.00259. The molecule has 6 nitrogen and oxygen atoms in total. The van der Waals surface area contributed by atoms with E-state index in [1.165, 1.54) is 6.07 Å². The number of nitrogens with one attached hydrogen (secondary N) is 1. The van der Waals surface area contributed by atoms with Crippen molar-refractivity contribution < 1.29 is 14.0 Å². The van der Waals surface area contributed by atoms with E-state index in [2.05, 4.69) is 4.98 Å². The Balaban J connectivity index is 1.24. The number of carbonyl (C=O) groups excluding carboxylic acids is 2. The Morgan fingerprint density at radius 3 is 2.43 bits per heavy atom. The molecule has 35 heavy (non-hydrogen) atoms. The summed E-state index contributed by atoms with van der Waals surface area (Å²) in [5.41, 5.74) is 4.09. The summed E-state index contributed by atoms with van der Waals surface area (Å²) < 4.78 is 14.2. The molecule has 0 bridgehead atoms. The van der Waals surface area contributed by atoms with Gasteiger partial charge in [0.25, 0.3) is 5.91 Å². The van der Waals surface area contributed by atoms with Gasteiger partial charge in [0.15, 0.2) is 0 Å². The molecule has 6 rings (SSSR count). The Bertz CT molecular complexity index is 1420. The highest BCUT2D eigenvalue weighted by atomic mass is 19.1. The summed E-state index contributed by atoms with van der Waals surface area (Å²) in [5.74, 6) is -0.479. The van der Waals surface area contributed by atoms with Crippen molar-refractivity contribution in [2.24, 2.45) is 0 Å². The third-order valence-corrected chi connectivity index (χ3v) is 7.11. The highest BCUT2D eigenvalue weighted by Gasteiger charge is 2.40. The molecule has 4 aromatic rings. The fourth-order valence-electron chi connectivity index (χ4n) is 5.34. The molecule has 0 spiro atoms. The number of aromatic amines is 1. The summed E-state index contributed by atoms with van der Waals surface area (Å²) >= 11 is 0. The number of rotatable bonds is 4. The number of fused-ring (bicyclic) bond motifs is 2. The maximum atomic E-state index is 14.2. The number of amides is 2. The number of para-hydroxylation sites is 2. The first kappa shape index (κ1) is 21.4. The van der Waals surface area contributed by atoms with Crippen molar-refractivity contribution >= 4 is 28.4 Å². The molecular formula is C28H25FN4O2. The van der Waals surface area contributed by atoms with Gasteiger partial charge in [-0.1, -0.05) is 48.5 Å². The van der Waals surface area contributed by atoms with Gasteiger partial charge >= 0.3 is 0 Å². The lowest BCUT2D eigenvalue weighted by Crippen LogP contribution is -2.51. The number of piperazine rings is 1. The van der Waals surface area contributed by atoms with Crippen LogP contribution in [-0.4, -0.2) is 59.3 Å². The molecule has 3 aromatic carbocycles. The minimum Gasteiger partial charge on any atom is -0.366 e. The summed E-state index contributed by atoms with van der Waals surface area (Å²) in [4.78, 5) is 35.5. The van der Waals surface area contributed by atoms with Crippen LogP contribution < -0.4 is 4.90 Å². The minimum atomic E-state index is -0.335. The van der Waals surface area contributed by atoms with E-state index < -0.39 is 0 Å². The molecule has 1 saturated heterocycles. The Labute approximate surface area is 202 Å². The van der Waals surface area contributed by atoms with Crippen LogP contribution in [0.3, 0.4) is 0 Å². The summed E-state index contributed by atoms with van der Waals surface area (Å²) in [5, 5.41) is 1.04. The van der Waals surface area contributed by atoms with Gasteiger partial charge in [0.2, 0.25) is 5.91 Å². The zero-order valence-corrected chi connectivity index (χ0v) is 19.2. The van der Waals surface area contributed by atoms with Crippen LogP contribution in [0, 0.1) is 5.82 Å². The summed E-state index contributed by atoms with van der Waals surface area (Å²) in [6.45, 7) is 2.07. The molecule has 7 heteroatoms. The van der Waals surface area contributed by atoms with Gasteiger partial charge in [-0.3, -0.25) is 9.59 Å². The monoisotopic (exact) mass is 468 g/mol. The van der Waals surface area contributed by atoms with Crippen LogP contribution in [0.15, 0.2) is 79.0 Å². The molecule has 0 aliphatic carbocycles. The maximum absolute atomic E-state index is 14.2. The molecule has 2 amide bonds. The second kappa shape index (κ2) is 8.58. The van der Waals surface area contributed by atoms with E-state index in [9.17, 15) is 14.0 Å². The SMILES string of the molecule is O=C(CN1C(=O)c2ccccc2[C@H]1c1c[nH]c2ccccc12)N1CCN(c2ccccc2F)CC1. The van der Waals surface area contributed by atoms with Crippen LogP contribution in [-0.2, 0) is 4.79 Å². The lowest BCUT2D eigenvalue weighted by atomic mass is 9.97. The van der Waals surface area contributed by atoms with E-state index in [4.69, 9.17) is 0 Å². The second-order valence-electron chi connectivity index (χ2n) is 9.03. The van der Waals surface area contributed by atoms with Crippen LogP contribution in [0.2, 0.25) is 0 Å². The predicted molar refractivity (Wildman–Crippen MR) is 133 cm³/mol. The van der Waals surface area contributed by atoms with Crippen molar-refractivity contribution in [3.63, 3.8) is 0 Å². The number of benzene rings is 3. The van der Waals surface area contributed by atoms with E-state index in [0.29, 0.717) is 37.4 Å². The molecule has 1 atom stereocenters. The Kier molecular flexibility index (Phi) is 5.25. The normalized spacial score (nSPS) is 17.8. The highest BCUT2D eigenvalue weighted by Crippen LogP contribution is 2.41. The predicted octanol–water partition coefficient (Wildman–Crippen LogP) is 4.20. The molecule has 2 aliphatic rings. The van der Waals surface area contributed by atoms with Crippen molar-refractivity contribution in [2.45, 2.75) is 6.04 Å². The Morgan fingerprint density at radius 1 is 0.886 bits per heavy atom. The van der Waals surface area contributed by atoms with Crippen molar-refractivity contribution in [1.82, 2.24) is 14.8 Å². The van der Waals surface area contributed by atoms with Crippen molar-refractivity contribution in [1.29, 1.82) is 0 Å². The number of H-pyrrole nitrogens is 1. The van der Waals surface area contributed by atoms with Crippen LogP contribution in [0.1, 0.15) is 27.5 Å². The number of carbonyl (C=O) groups is 2. The number of halogens is 1. The van der Waals surface area contributed by atoms with Crippen LogP contribution in [0.5, 0.6) is 0 Å². The van der Waals surface area contributed by atoms with Gasteiger partial charge in [-0.15, -0.1) is 0 Å². The topological polar surface area (TPSA) is 59.7 Å². The second-order valence-corrected chi connectivity index (χ2v) is 9.03. The first-order chi connectivity index (χ1) is 17.1. The van der Waals surface area contributed by atoms with E-state index in [0.717, 1.165) is 22.0 Å². The van der Waals surface area contributed by atoms with E-state index in [1.807, 2.05) is 65.7 Å². The lowest BCUT2D eigenvalue weighted by molar-refractivity contribution is -0.132. The molecule has 1 N–H and O–H groups in total. The Hall–Kier alpha value is -4.13. The molecule has 176 valence electrons. The number of aromatic nitrogens is 1. The summed E-state index contributed by atoms with van der Waals surface area (Å²) in [7, 11) is 0. The van der Waals surface area contributed by atoms with Gasteiger partial charge in [-0.2, -0.15) is 0 Å². The average molecular weight is 469 g/mol. The molecule has 0 radical (unpaired) electrons. The van der Waals surface area contributed by atoms with Gasteiger partial charge in [-0.25, -0.2) is 4.39 Å². The van der Waals surface area contributed by atoms with Crippen molar-refractivity contribution in [2.75, 3.05) is 37.6 Å². The number of hydrogen-bond donors (Lipinski definition) is 1. The largest absolute Gasteiger partial charge is 0.366 e. The molecule has 1 fully saturated rings. The molecular weight excluding hydrogens is 443 g/mol. The lowest BCUT2D eigenvalue weighted by Gasteiger charge is -2.37. The molecule has 3 heterocycles. The van der Waals surface area contributed by atoms with Gasteiger partial charge in [0.05, 0.1) is 11.7 Å². The average Bonchev–Trinajstić information content (AvgIpc) is 3.43. The number of anilines is 1. The smallest absolute Gasteiger partial charge is 0.255 e. The van der Waals surface area contributed by atoms with Gasteiger partial charge in [0.1, 0.15) is 12.4 Å². The van der Waals surface area contributed by atoms with Crippen LogP contribution in [0.4, 0.5) is 10.1 Å². The third-order valence-electron chi connectivity index (χ3n) is 7.11. The first-order valence-corrected chi connectivity index (χ1v) is 11.8. The van der Waals surface area contributed by atoms with E-state index in [1.54, 1.807) is 21.9 Å². The quantitative estimate of drug-likeness (QED) is 0.488. The fourth-order valence-corrected chi connectivity index (χ4v) is 5.34. The van der Waals surface area contributed by atoms with Gasteiger partial charge in [-0.05, 0) is 29.8 Å². The molecule has 1 aromatic heterocycles. The zero-order chi connectivity index (χ0) is 23.9. The van der Waals surface area contributed by atoms with E-state index >= 15 is 0 Å². The first-order valence-electron chi connectivity index (χ1n) is 11.8. The number of hydrogen-bond acceptors (Lipinski definition) is 3. The number of nitrogens with zero attached hydrogens (tertiary/aromatic N) is 3. The third kappa shape index (κ3) is 3.64. The fraction of sp³-hybridized carbons (Fsp3) is 0.214. The van der Waals surface area contributed by atoms with Crippen molar-refractivity contribution in [3.05, 3.63) is 102 Å².